The normalized spacial score (nSPS) is 19.7. The third-order valence-electron chi connectivity index (χ3n) is 4.78. The first-order valence-electron chi connectivity index (χ1n) is 9.76. The SMILES string of the molecule is CC(C)(C)OC(=O)N1CCCC1C(=O)Nc1ccc(N2CCNC(=O)C2)c(Cl)c1. The third-order valence-corrected chi connectivity index (χ3v) is 5.08. The summed E-state index contributed by atoms with van der Waals surface area (Å²) in [6.45, 7) is 7.37. The molecule has 0 aromatic heterocycles. The number of likely N-dealkylation sites (tertiary alicyclic amines) is 1. The molecule has 1 aromatic rings. The third kappa shape index (κ3) is 5.32. The van der Waals surface area contributed by atoms with Gasteiger partial charge in [-0.3, -0.25) is 14.5 Å². The minimum Gasteiger partial charge on any atom is -0.444 e. The maximum absolute atomic E-state index is 12.8. The topological polar surface area (TPSA) is 91.0 Å². The first kappa shape index (κ1) is 21.2. The van der Waals surface area contributed by atoms with E-state index >= 15 is 0 Å². The molecule has 0 saturated carbocycles. The fourth-order valence-corrected chi connectivity index (χ4v) is 3.79. The zero-order chi connectivity index (χ0) is 21.2. The molecule has 2 heterocycles. The van der Waals surface area contributed by atoms with E-state index in [0.717, 1.165) is 12.1 Å². The van der Waals surface area contributed by atoms with E-state index in [1.807, 2.05) is 4.90 Å². The fraction of sp³-hybridized carbons (Fsp3) is 0.550. The predicted octanol–water partition coefficient (Wildman–Crippen LogP) is 2.61. The monoisotopic (exact) mass is 422 g/mol. The van der Waals surface area contributed by atoms with E-state index in [0.29, 0.717) is 36.8 Å². The van der Waals surface area contributed by atoms with Crippen LogP contribution in [0.25, 0.3) is 0 Å². The van der Waals surface area contributed by atoms with Gasteiger partial charge in [0.25, 0.3) is 0 Å². The quantitative estimate of drug-likeness (QED) is 0.781. The van der Waals surface area contributed by atoms with Crippen LogP contribution in [0, 0.1) is 0 Å². The van der Waals surface area contributed by atoms with Crippen LogP contribution in [0.2, 0.25) is 5.02 Å². The average Bonchev–Trinajstić information content (AvgIpc) is 3.10. The molecular weight excluding hydrogens is 396 g/mol. The number of piperazine rings is 1. The molecule has 0 radical (unpaired) electrons. The van der Waals surface area contributed by atoms with Gasteiger partial charge in [0.05, 0.1) is 17.3 Å². The summed E-state index contributed by atoms with van der Waals surface area (Å²) in [7, 11) is 0. The minimum absolute atomic E-state index is 0.0480. The minimum atomic E-state index is -0.616. The maximum Gasteiger partial charge on any atom is 0.410 e. The number of hydrogen-bond donors (Lipinski definition) is 2. The second-order valence-electron chi connectivity index (χ2n) is 8.26. The number of benzene rings is 1. The molecule has 158 valence electrons. The average molecular weight is 423 g/mol. The molecule has 8 nitrogen and oxygen atoms in total. The molecule has 1 atom stereocenters. The number of hydrogen-bond acceptors (Lipinski definition) is 5. The van der Waals surface area contributed by atoms with Crippen molar-refractivity contribution in [3.05, 3.63) is 23.2 Å². The molecule has 9 heteroatoms. The van der Waals surface area contributed by atoms with Crippen LogP contribution in [0.15, 0.2) is 18.2 Å². The molecule has 3 amide bonds. The van der Waals surface area contributed by atoms with Crippen LogP contribution in [-0.4, -0.2) is 60.6 Å². The molecule has 2 aliphatic rings. The lowest BCUT2D eigenvalue weighted by Crippen LogP contribution is -2.47. The van der Waals surface area contributed by atoms with Gasteiger partial charge in [0.2, 0.25) is 11.8 Å². The summed E-state index contributed by atoms with van der Waals surface area (Å²) >= 11 is 6.40. The van der Waals surface area contributed by atoms with Crippen molar-refractivity contribution in [2.45, 2.75) is 45.3 Å². The number of carbonyl (C=O) groups excluding carboxylic acids is 3. The van der Waals surface area contributed by atoms with Gasteiger partial charge >= 0.3 is 6.09 Å². The molecule has 2 aliphatic heterocycles. The van der Waals surface area contributed by atoms with Gasteiger partial charge < -0.3 is 20.3 Å². The Morgan fingerprint density at radius 3 is 2.69 bits per heavy atom. The smallest absolute Gasteiger partial charge is 0.410 e. The maximum atomic E-state index is 12.8. The molecule has 0 bridgehead atoms. The highest BCUT2D eigenvalue weighted by Crippen LogP contribution is 2.30. The van der Waals surface area contributed by atoms with Gasteiger partial charge in [0.1, 0.15) is 11.6 Å². The van der Waals surface area contributed by atoms with Crippen LogP contribution in [0.4, 0.5) is 16.2 Å². The van der Waals surface area contributed by atoms with Crippen molar-refractivity contribution in [2.75, 3.05) is 36.4 Å². The van der Waals surface area contributed by atoms with Crippen LogP contribution in [0.3, 0.4) is 0 Å². The van der Waals surface area contributed by atoms with Crippen LogP contribution < -0.4 is 15.5 Å². The van der Waals surface area contributed by atoms with Gasteiger partial charge in [-0.1, -0.05) is 11.6 Å². The summed E-state index contributed by atoms with van der Waals surface area (Å²) in [5.74, 6) is -0.317. The lowest BCUT2D eigenvalue weighted by atomic mass is 10.2. The second-order valence-corrected chi connectivity index (χ2v) is 8.67. The van der Waals surface area contributed by atoms with E-state index in [-0.39, 0.29) is 18.4 Å². The van der Waals surface area contributed by atoms with Gasteiger partial charge in [-0.05, 0) is 51.8 Å². The Morgan fingerprint density at radius 2 is 2.03 bits per heavy atom. The molecule has 2 fully saturated rings. The molecule has 3 rings (SSSR count). The van der Waals surface area contributed by atoms with Gasteiger partial charge in [-0.15, -0.1) is 0 Å². The van der Waals surface area contributed by atoms with Crippen molar-refractivity contribution in [3.8, 4) is 0 Å². The zero-order valence-corrected chi connectivity index (χ0v) is 17.7. The number of rotatable bonds is 3. The lowest BCUT2D eigenvalue weighted by molar-refractivity contribution is -0.121. The Labute approximate surface area is 175 Å². The molecular formula is C20H27ClN4O4. The van der Waals surface area contributed by atoms with E-state index in [1.165, 1.54) is 4.90 Å². The Balaban J connectivity index is 1.66. The van der Waals surface area contributed by atoms with Crippen LogP contribution in [0.1, 0.15) is 33.6 Å². The number of ether oxygens (including phenoxy) is 1. The number of nitrogens with zero attached hydrogens (tertiary/aromatic N) is 2. The highest BCUT2D eigenvalue weighted by atomic mass is 35.5. The summed E-state index contributed by atoms with van der Waals surface area (Å²) in [6, 6.07) is 4.62. The highest BCUT2D eigenvalue weighted by Gasteiger charge is 2.36. The Bertz CT molecular complexity index is 808. The number of amides is 3. The van der Waals surface area contributed by atoms with E-state index < -0.39 is 17.7 Å². The summed E-state index contributed by atoms with van der Waals surface area (Å²) in [6.07, 6.45) is 0.847. The van der Waals surface area contributed by atoms with E-state index in [4.69, 9.17) is 16.3 Å². The number of halogens is 1. The molecule has 1 aromatic carbocycles. The molecule has 29 heavy (non-hydrogen) atoms. The molecule has 2 N–H and O–H groups in total. The lowest BCUT2D eigenvalue weighted by Gasteiger charge is -2.29. The number of anilines is 2. The summed E-state index contributed by atoms with van der Waals surface area (Å²) < 4.78 is 5.41. The van der Waals surface area contributed by atoms with Gasteiger partial charge in [0, 0.05) is 25.3 Å². The first-order chi connectivity index (χ1) is 13.6. The summed E-state index contributed by atoms with van der Waals surface area (Å²) in [5.41, 5.74) is 0.673. The van der Waals surface area contributed by atoms with Crippen molar-refractivity contribution in [1.82, 2.24) is 10.2 Å². The van der Waals surface area contributed by atoms with E-state index in [1.54, 1.807) is 39.0 Å². The highest BCUT2D eigenvalue weighted by molar-refractivity contribution is 6.33. The van der Waals surface area contributed by atoms with Crippen molar-refractivity contribution >= 4 is 40.9 Å². The van der Waals surface area contributed by atoms with E-state index in [2.05, 4.69) is 10.6 Å². The Morgan fingerprint density at radius 1 is 1.28 bits per heavy atom. The van der Waals surface area contributed by atoms with Gasteiger partial charge in [0.15, 0.2) is 0 Å². The standard InChI is InChI=1S/C20H27ClN4O4/c1-20(2,3)29-19(28)25-9-4-5-16(25)18(27)23-13-6-7-15(14(21)11-13)24-10-8-22-17(26)12-24/h6-7,11,16H,4-5,8-10,12H2,1-3H3,(H,22,26)(H,23,27). The van der Waals surface area contributed by atoms with Crippen molar-refractivity contribution in [2.24, 2.45) is 0 Å². The zero-order valence-electron chi connectivity index (χ0n) is 17.0. The largest absolute Gasteiger partial charge is 0.444 e. The van der Waals surface area contributed by atoms with Gasteiger partial charge in [-0.25, -0.2) is 4.79 Å². The molecule has 2 saturated heterocycles. The Kier molecular flexibility index (Phi) is 6.21. The fourth-order valence-electron chi connectivity index (χ4n) is 3.49. The number of nitrogens with one attached hydrogen (secondary N) is 2. The second kappa shape index (κ2) is 8.49. The number of carbonyl (C=O) groups is 3. The summed E-state index contributed by atoms with van der Waals surface area (Å²) in [5, 5.41) is 6.07. The Hall–Kier alpha value is -2.48. The first-order valence-corrected chi connectivity index (χ1v) is 10.1. The van der Waals surface area contributed by atoms with E-state index in [9.17, 15) is 14.4 Å². The molecule has 0 spiro atoms. The van der Waals surface area contributed by atoms with Crippen molar-refractivity contribution < 1.29 is 19.1 Å². The van der Waals surface area contributed by atoms with Crippen molar-refractivity contribution in [3.63, 3.8) is 0 Å². The molecule has 0 aliphatic carbocycles. The van der Waals surface area contributed by atoms with Crippen LogP contribution in [-0.2, 0) is 14.3 Å². The molecule has 1 unspecified atom stereocenters. The van der Waals surface area contributed by atoms with Crippen LogP contribution in [0.5, 0.6) is 0 Å². The van der Waals surface area contributed by atoms with Gasteiger partial charge in [-0.2, -0.15) is 0 Å². The predicted molar refractivity (Wildman–Crippen MR) is 111 cm³/mol. The van der Waals surface area contributed by atoms with Crippen LogP contribution >= 0.6 is 11.6 Å². The van der Waals surface area contributed by atoms with Crippen molar-refractivity contribution in [1.29, 1.82) is 0 Å². The summed E-state index contributed by atoms with van der Waals surface area (Å²) in [4.78, 5) is 40.1.